The monoisotopic (exact) mass is 212 g/mol. The number of hydrogen-bond acceptors (Lipinski definition) is 4. The maximum atomic E-state index is 11.5. The predicted molar refractivity (Wildman–Crippen MR) is 50.5 cm³/mol. The summed E-state index contributed by atoms with van der Waals surface area (Å²) in [4.78, 5) is 25.9. The van der Waals surface area contributed by atoms with E-state index in [-0.39, 0.29) is 5.76 Å². The Balaban J connectivity index is 2.77. The summed E-state index contributed by atoms with van der Waals surface area (Å²) in [5.74, 6) is -1.23. The molecule has 1 aromatic rings. The number of hydrogen-bond donors (Lipinski definition) is 2. The number of rotatable bonds is 3. The van der Waals surface area contributed by atoms with Gasteiger partial charge in [0.25, 0.3) is 5.91 Å². The second kappa shape index (κ2) is 4.12. The highest BCUT2D eigenvalue weighted by Crippen LogP contribution is 2.09. The Kier molecular flexibility index (Phi) is 3.08. The van der Waals surface area contributed by atoms with E-state index in [1.165, 1.54) is 6.92 Å². The van der Waals surface area contributed by atoms with Gasteiger partial charge in [0, 0.05) is 6.92 Å². The molecule has 15 heavy (non-hydrogen) atoms. The molecule has 82 valence electrons. The first-order valence-corrected chi connectivity index (χ1v) is 4.39. The largest absolute Gasteiger partial charge is 0.480 e. The molecule has 1 atom stereocenters. The summed E-state index contributed by atoms with van der Waals surface area (Å²) in [5.41, 5.74) is 0.447. The highest BCUT2D eigenvalue weighted by Gasteiger charge is 2.20. The van der Waals surface area contributed by atoms with E-state index in [1.807, 2.05) is 0 Å². The first-order chi connectivity index (χ1) is 6.91. The molecule has 0 saturated carbocycles. The number of carbonyl (C=O) groups is 2. The van der Waals surface area contributed by atoms with Crippen LogP contribution in [0.2, 0.25) is 0 Å². The van der Waals surface area contributed by atoms with Gasteiger partial charge in [-0.2, -0.15) is 0 Å². The van der Waals surface area contributed by atoms with Crippen LogP contribution in [-0.2, 0) is 4.79 Å². The summed E-state index contributed by atoms with van der Waals surface area (Å²) in [6.45, 7) is 4.61. The zero-order chi connectivity index (χ0) is 11.6. The Morgan fingerprint density at radius 3 is 2.47 bits per heavy atom. The lowest BCUT2D eigenvalue weighted by molar-refractivity contribution is -0.138. The molecule has 0 fully saturated rings. The number of oxazole rings is 1. The summed E-state index contributed by atoms with van der Waals surface area (Å²) < 4.78 is 5.04. The van der Waals surface area contributed by atoms with Crippen molar-refractivity contribution in [1.29, 1.82) is 0 Å². The molecule has 6 nitrogen and oxygen atoms in total. The Morgan fingerprint density at radius 2 is 2.07 bits per heavy atom. The number of amides is 1. The molecule has 2 N–H and O–H groups in total. The van der Waals surface area contributed by atoms with E-state index in [2.05, 4.69) is 10.3 Å². The molecule has 0 bridgehead atoms. The lowest BCUT2D eigenvalue weighted by Crippen LogP contribution is -2.38. The number of aliphatic carboxylic acids is 1. The number of aromatic nitrogens is 1. The molecule has 0 aliphatic rings. The standard InChI is InChI=1S/C9H12N2O4/c1-4-7(15-6(3)10-4)8(12)11-5(2)9(13)14/h5H,1-3H3,(H,11,12)(H,13,14)/t5-/m0/s1. The fraction of sp³-hybridized carbons (Fsp3) is 0.444. The van der Waals surface area contributed by atoms with Crippen LogP contribution >= 0.6 is 0 Å². The van der Waals surface area contributed by atoms with Gasteiger partial charge in [-0.3, -0.25) is 9.59 Å². The highest BCUT2D eigenvalue weighted by molar-refractivity contribution is 5.94. The van der Waals surface area contributed by atoms with Crippen LogP contribution in [-0.4, -0.2) is 28.0 Å². The van der Waals surface area contributed by atoms with Crippen molar-refractivity contribution in [1.82, 2.24) is 10.3 Å². The molecular formula is C9H12N2O4. The minimum Gasteiger partial charge on any atom is -0.480 e. The van der Waals surface area contributed by atoms with Gasteiger partial charge in [-0.05, 0) is 13.8 Å². The van der Waals surface area contributed by atoms with Crippen LogP contribution in [0.5, 0.6) is 0 Å². The van der Waals surface area contributed by atoms with Gasteiger partial charge < -0.3 is 14.8 Å². The third-order valence-corrected chi connectivity index (χ3v) is 1.83. The molecule has 0 aliphatic heterocycles. The molecule has 0 aliphatic carbocycles. The van der Waals surface area contributed by atoms with E-state index >= 15 is 0 Å². The zero-order valence-corrected chi connectivity index (χ0v) is 8.70. The van der Waals surface area contributed by atoms with Crippen molar-refractivity contribution in [2.75, 3.05) is 0 Å². The van der Waals surface area contributed by atoms with Gasteiger partial charge in [-0.15, -0.1) is 0 Å². The molecule has 0 aromatic carbocycles. The van der Waals surface area contributed by atoms with E-state index in [1.54, 1.807) is 13.8 Å². The molecular weight excluding hydrogens is 200 g/mol. The van der Waals surface area contributed by atoms with Crippen LogP contribution in [0.25, 0.3) is 0 Å². The van der Waals surface area contributed by atoms with Crippen molar-refractivity contribution in [3.63, 3.8) is 0 Å². The Labute approximate surface area is 86.3 Å². The van der Waals surface area contributed by atoms with Gasteiger partial charge in [0.1, 0.15) is 6.04 Å². The van der Waals surface area contributed by atoms with Crippen LogP contribution in [0, 0.1) is 13.8 Å². The molecule has 6 heteroatoms. The van der Waals surface area contributed by atoms with E-state index in [9.17, 15) is 9.59 Å². The van der Waals surface area contributed by atoms with Gasteiger partial charge in [0.05, 0.1) is 5.69 Å². The van der Waals surface area contributed by atoms with Crippen molar-refractivity contribution in [2.45, 2.75) is 26.8 Å². The van der Waals surface area contributed by atoms with Crippen molar-refractivity contribution in [3.8, 4) is 0 Å². The van der Waals surface area contributed by atoms with Crippen LogP contribution in [0.4, 0.5) is 0 Å². The van der Waals surface area contributed by atoms with Gasteiger partial charge in [-0.1, -0.05) is 0 Å². The number of nitrogens with one attached hydrogen (secondary N) is 1. The summed E-state index contributed by atoms with van der Waals surface area (Å²) >= 11 is 0. The summed E-state index contributed by atoms with van der Waals surface area (Å²) in [6, 6.07) is -0.956. The van der Waals surface area contributed by atoms with Crippen LogP contribution in [0.15, 0.2) is 4.42 Å². The number of carboxylic acid groups (broad SMARTS) is 1. The minimum atomic E-state index is -1.10. The van der Waals surface area contributed by atoms with Crippen molar-refractivity contribution < 1.29 is 19.1 Å². The molecule has 0 unspecified atom stereocenters. The number of nitrogens with zero attached hydrogens (tertiary/aromatic N) is 1. The molecule has 0 saturated heterocycles. The van der Waals surface area contributed by atoms with Gasteiger partial charge in [0.2, 0.25) is 5.76 Å². The topological polar surface area (TPSA) is 92.4 Å². The van der Waals surface area contributed by atoms with Gasteiger partial charge in [-0.25, -0.2) is 4.98 Å². The van der Waals surface area contributed by atoms with Gasteiger partial charge >= 0.3 is 5.97 Å². The first-order valence-electron chi connectivity index (χ1n) is 4.39. The van der Waals surface area contributed by atoms with Crippen LogP contribution in [0.1, 0.15) is 29.1 Å². The molecule has 1 aromatic heterocycles. The zero-order valence-electron chi connectivity index (χ0n) is 8.70. The molecule has 1 heterocycles. The van der Waals surface area contributed by atoms with Crippen molar-refractivity contribution >= 4 is 11.9 Å². The fourth-order valence-electron chi connectivity index (χ4n) is 1.07. The second-order valence-electron chi connectivity index (χ2n) is 3.18. The van der Waals surface area contributed by atoms with Crippen LogP contribution in [0.3, 0.4) is 0 Å². The molecule has 1 amide bonds. The summed E-state index contributed by atoms with van der Waals surface area (Å²) in [5, 5.41) is 10.9. The fourth-order valence-corrected chi connectivity index (χ4v) is 1.07. The first kappa shape index (κ1) is 11.2. The van der Waals surface area contributed by atoms with Crippen LogP contribution < -0.4 is 5.32 Å². The lowest BCUT2D eigenvalue weighted by atomic mass is 10.3. The molecule has 0 radical (unpaired) electrons. The number of carboxylic acids is 1. The summed E-state index contributed by atoms with van der Waals surface area (Å²) in [6.07, 6.45) is 0. The SMILES string of the molecule is Cc1nc(C)c(C(=O)N[C@@H](C)C(=O)O)o1. The minimum absolute atomic E-state index is 0.0561. The molecule has 0 spiro atoms. The highest BCUT2D eigenvalue weighted by atomic mass is 16.4. The second-order valence-corrected chi connectivity index (χ2v) is 3.18. The maximum Gasteiger partial charge on any atom is 0.325 e. The Morgan fingerprint density at radius 1 is 1.47 bits per heavy atom. The number of aryl methyl sites for hydroxylation is 2. The maximum absolute atomic E-state index is 11.5. The van der Waals surface area contributed by atoms with Gasteiger partial charge in [0.15, 0.2) is 5.89 Å². The summed E-state index contributed by atoms with van der Waals surface area (Å²) in [7, 11) is 0. The van der Waals surface area contributed by atoms with Crippen molar-refractivity contribution in [3.05, 3.63) is 17.3 Å². The normalized spacial score (nSPS) is 12.2. The van der Waals surface area contributed by atoms with E-state index in [0.29, 0.717) is 11.6 Å². The van der Waals surface area contributed by atoms with Crippen molar-refractivity contribution in [2.24, 2.45) is 0 Å². The van der Waals surface area contributed by atoms with E-state index in [0.717, 1.165) is 0 Å². The molecule has 1 rings (SSSR count). The average Bonchev–Trinajstić information content (AvgIpc) is 2.44. The third kappa shape index (κ3) is 2.55. The smallest absolute Gasteiger partial charge is 0.325 e. The Hall–Kier alpha value is -1.85. The average molecular weight is 212 g/mol. The number of carbonyl (C=O) groups excluding carboxylic acids is 1. The predicted octanol–water partition coefficient (Wildman–Crippen LogP) is 0.494. The van der Waals surface area contributed by atoms with E-state index in [4.69, 9.17) is 9.52 Å². The quantitative estimate of drug-likeness (QED) is 0.760. The van der Waals surface area contributed by atoms with E-state index < -0.39 is 17.9 Å². The Bertz CT molecular complexity index is 397. The third-order valence-electron chi connectivity index (χ3n) is 1.83. The lowest BCUT2D eigenvalue weighted by Gasteiger charge is -2.07.